The van der Waals surface area contributed by atoms with Crippen LogP contribution in [-0.4, -0.2) is 26.8 Å². The standard InChI is InChI=1S/C25H23Cl2N5O2/c1-17(34-22-5-3-2-4-6-22)23(33)32-25(29-16-19-9-13-21(27)14-10-19)30-24(31-32)28-15-18-7-11-20(26)12-8-18/h2-14,17H,15-16H2,1H3,(H2,28,29,30,31)/t17-/m1/s1. The average Bonchev–Trinajstić information content (AvgIpc) is 3.26. The first-order valence-electron chi connectivity index (χ1n) is 10.7. The molecule has 1 atom stereocenters. The van der Waals surface area contributed by atoms with Gasteiger partial charge in [0.1, 0.15) is 5.75 Å². The highest BCUT2D eigenvalue weighted by Gasteiger charge is 2.23. The van der Waals surface area contributed by atoms with E-state index in [1.807, 2.05) is 66.7 Å². The number of hydrogen-bond acceptors (Lipinski definition) is 6. The number of halogens is 2. The van der Waals surface area contributed by atoms with Crippen LogP contribution in [0.4, 0.5) is 11.9 Å². The van der Waals surface area contributed by atoms with Crippen LogP contribution in [0.3, 0.4) is 0 Å². The van der Waals surface area contributed by atoms with E-state index in [2.05, 4.69) is 20.7 Å². The second kappa shape index (κ2) is 11.0. The van der Waals surface area contributed by atoms with Gasteiger partial charge in [-0.25, -0.2) is 0 Å². The largest absolute Gasteiger partial charge is 0.481 e. The maximum Gasteiger partial charge on any atom is 0.290 e. The molecular weight excluding hydrogens is 473 g/mol. The molecule has 1 aromatic heterocycles. The minimum absolute atomic E-state index is 0.307. The van der Waals surface area contributed by atoms with Gasteiger partial charge in [-0.15, -0.1) is 5.10 Å². The van der Waals surface area contributed by atoms with E-state index in [1.165, 1.54) is 4.68 Å². The molecule has 0 unspecified atom stereocenters. The van der Waals surface area contributed by atoms with Crippen LogP contribution in [0.5, 0.6) is 5.75 Å². The van der Waals surface area contributed by atoms with Gasteiger partial charge in [-0.2, -0.15) is 9.67 Å². The van der Waals surface area contributed by atoms with Crippen molar-refractivity contribution in [1.82, 2.24) is 14.8 Å². The molecule has 0 aliphatic rings. The van der Waals surface area contributed by atoms with Crippen molar-refractivity contribution in [3.63, 3.8) is 0 Å². The molecule has 0 bridgehead atoms. The van der Waals surface area contributed by atoms with Crippen LogP contribution in [0.2, 0.25) is 10.0 Å². The van der Waals surface area contributed by atoms with Crippen LogP contribution in [0.1, 0.15) is 22.8 Å². The van der Waals surface area contributed by atoms with E-state index in [9.17, 15) is 4.79 Å². The molecule has 174 valence electrons. The smallest absolute Gasteiger partial charge is 0.290 e. The first kappa shape index (κ1) is 23.6. The Balaban J connectivity index is 1.51. The zero-order valence-corrected chi connectivity index (χ0v) is 19.9. The maximum absolute atomic E-state index is 13.2. The van der Waals surface area contributed by atoms with Crippen molar-refractivity contribution in [3.05, 3.63) is 100 Å². The zero-order valence-electron chi connectivity index (χ0n) is 18.4. The summed E-state index contributed by atoms with van der Waals surface area (Å²) < 4.78 is 7.03. The molecule has 9 heteroatoms. The predicted octanol–water partition coefficient (Wildman–Crippen LogP) is 5.92. The Morgan fingerprint density at radius 2 is 1.44 bits per heavy atom. The van der Waals surface area contributed by atoms with Crippen LogP contribution in [0.15, 0.2) is 78.9 Å². The van der Waals surface area contributed by atoms with E-state index in [0.29, 0.717) is 40.8 Å². The normalized spacial score (nSPS) is 11.6. The molecule has 0 aliphatic carbocycles. The van der Waals surface area contributed by atoms with E-state index in [4.69, 9.17) is 27.9 Å². The molecule has 0 saturated heterocycles. The summed E-state index contributed by atoms with van der Waals surface area (Å²) >= 11 is 11.9. The fourth-order valence-electron chi connectivity index (χ4n) is 3.15. The number of anilines is 2. The van der Waals surface area contributed by atoms with E-state index in [-0.39, 0.29) is 5.91 Å². The molecule has 4 aromatic rings. The summed E-state index contributed by atoms with van der Waals surface area (Å²) in [6.07, 6.45) is -0.774. The Morgan fingerprint density at radius 1 is 0.882 bits per heavy atom. The number of aromatic nitrogens is 3. The SMILES string of the molecule is C[C@@H](Oc1ccccc1)C(=O)n1nc(NCc2ccc(Cl)cc2)nc1NCc1ccc(Cl)cc1. The lowest BCUT2D eigenvalue weighted by Crippen LogP contribution is -2.31. The van der Waals surface area contributed by atoms with Gasteiger partial charge in [0.15, 0.2) is 6.10 Å². The zero-order chi connectivity index (χ0) is 23.9. The lowest BCUT2D eigenvalue weighted by molar-refractivity contribution is 0.0713. The Labute approximate surface area is 207 Å². The maximum atomic E-state index is 13.2. The number of hydrogen-bond donors (Lipinski definition) is 2. The second-order valence-electron chi connectivity index (χ2n) is 7.54. The van der Waals surface area contributed by atoms with Gasteiger partial charge in [0, 0.05) is 23.1 Å². The summed E-state index contributed by atoms with van der Waals surface area (Å²) in [6.45, 7) is 2.59. The molecule has 0 amide bonds. The summed E-state index contributed by atoms with van der Waals surface area (Å²) in [7, 11) is 0. The molecule has 0 fully saturated rings. The van der Waals surface area contributed by atoms with Crippen molar-refractivity contribution < 1.29 is 9.53 Å². The van der Waals surface area contributed by atoms with Gasteiger partial charge >= 0.3 is 0 Å². The van der Waals surface area contributed by atoms with Crippen molar-refractivity contribution >= 4 is 41.0 Å². The molecule has 0 spiro atoms. The summed E-state index contributed by atoms with van der Waals surface area (Å²) in [5.41, 5.74) is 1.99. The van der Waals surface area contributed by atoms with Crippen LogP contribution in [0.25, 0.3) is 0 Å². The van der Waals surface area contributed by atoms with Gasteiger partial charge in [-0.05, 0) is 54.4 Å². The lowest BCUT2D eigenvalue weighted by Gasteiger charge is -2.14. The van der Waals surface area contributed by atoms with Gasteiger partial charge in [0.25, 0.3) is 5.91 Å². The van der Waals surface area contributed by atoms with Gasteiger partial charge < -0.3 is 15.4 Å². The van der Waals surface area contributed by atoms with Crippen molar-refractivity contribution in [2.45, 2.75) is 26.1 Å². The molecule has 2 N–H and O–H groups in total. The number of carbonyl (C=O) groups is 1. The third-order valence-electron chi connectivity index (χ3n) is 4.95. The van der Waals surface area contributed by atoms with Crippen molar-refractivity contribution in [2.75, 3.05) is 10.6 Å². The minimum Gasteiger partial charge on any atom is -0.481 e. The molecule has 34 heavy (non-hydrogen) atoms. The first-order chi connectivity index (χ1) is 16.5. The van der Waals surface area contributed by atoms with Gasteiger partial charge in [-0.3, -0.25) is 4.79 Å². The van der Waals surface area contributed by atoms with Gasteiger partial charge in [-0.1, -0.05) is 65.7 Å². The molecule has 0 radical (unpaired) electrons. The molecule has 0 saturated carbocycles. The summed E-state index contributed by atoms with van der Waals surface area (Å²) in [6, 6.07) is 24.0. The van der Waals surface area contributed by atoms with Crippen LogP contribution >= 0.6 is 23.2 Å². The Morgan fingerprint density at radius 3 is 2.03 bits per heavy atom. The molecule has 4 rings (SSSR count). The van der Waals surface area contributed by atoms with Gasteiger partial charge in [0.05, 0.1) is 0 Å². The molecule has 7 nitrogen and oxygen atoms in total. The number of ether oxygens (including phenoxy) is 1. The topological polar surface area (TPSA) is 81.1 Å². The summed E-state index contributed by atoms with van der Waals surface area (Å²) in [5.74, 6) is 0.866. The van der Waals surface area contributed by atoms with Crippen LogP contribution in [-0.2, 0) is 13.1 Å². The molecule has 0 aliphatic heterocycles. The van der Waals surface area contributed by atoms with Gasteiger partial charge in [0.2, 0.25) is 11.9 Å². The number of carbonyl (C=O) groups excluding carboxylic acids is 1. The highest BCUT2D eigenvalue weighted by Crippen LogP contribution is 2.17. The molecule has 3 aromatic carbocycles. The van der Waals surface area contributed by atoms with Crippen molar-refractivity contribution in [2.24, 2.45) is 0 Å². The second-order valence-corrected chi connectivity index (χ2v) is 8.42. The molecule has 1 heterocycles. The van der Waals surface area contributed by atoms with Crippen molar-refractivity contribution in [1.29, 1.82) is 0 Å². The molecular formula is C25H23Cl2N5O2. The fourth-order valence-corrected chi connectivity index (χ4v) is 3.40. The monoisotopic (exact) mass is 495 g/mol. The van der Waals surface area contributed by atoms with Crippen LogP contribution < -0.4 is 15.4 Å². The number of benzene rings is 3. The quantitative estimate of drug-likeness (QED) is 0.300. The third kappa shape index (κ3) is 6.27. The van der Waals surface area contributed by atoms with Crippen LogP contribution in [0, 0.1) is 0 Å². The average molecular weight is 496 g/mol. The highest BCUT2D eigenvalue weighted by molar-refractivity contribution is 6.30. The number of nitrogens with one attached hydrogen (secondary N) is 2. The predicted molar refractivity (Wildman–Crippen MR) is 135 cm³/mol. The van der Waals surface area contributed by atoms with E-state index in [0.717, 1.165) is 11.1 Å². The Hall–Kier alpha value is -3.55. The first-order valence-corrected chi connectivity index (χ1v) is 11.4. The number of para-hydroxylation sites is 1. The summed E-state index contributed by atoms with van der Waals surface area (Å²) in [5, 5.41) is 12.0. The third-order valence-corrected chi connectivity index (χ3v) is 5.45. The summed E-state index contributed by atoms with van der Waals surface area (Å²) in [4.78, 5) is 17.7. The Bertz CT molecular complexity index is 1230. The number of rotatable bonds is 9. The Kier molecular flexibility index (Phi) is 7.67. The fraction of sp³-hybridized carbons (Fsp3) is 0.160. The van der Waals surface area contributed by atoms with E-state index in [1.54, 1.807) is 19.1 Å². The minimum atomic E-state index is -0.774. The number of nitrogens with zero attached hydrogens (tertiary/aromatic N) is 3. The van der Waals surface area contributed by atoms with E-state index < -0.39 is 6.10 Å². The lowest BCUT2D eigenvalue weighted by atomic mass is 10.2. The van der Waals surface area contributed by atoms with Crippen molar-refractivity contribution in [3.8, 4) is 5.75 Å². The van der Waals surface area contributed by atoms with E-state index >= 15 is 0 Å². The highest BCUT2D eigenvalue weighted by atomic mass is 35.5.